The van der Waals surface area contributed by atoms with Gasteiger partial charge in [-0.3, -0.25) is 0 Å². The Balaban J connectivity index is -0.000000282. The molecule has 0 spiro atoms. The molecule has 18 heavy (non-hydrogen) atoms. The van der Waals surface area contributed by atoms with E-state index in [-0.39, 0.29) is 20.9 Å². The van der Waals surface area contributed by atoms with Crippen LogP contribution >= 0.6 is 13.5 Å². The zero-order valence-electron chi connectivity index (χ0n) is 13.2. The van der Waals surface area contributed by atoms with E-state index in [1.807, 2.05) is 0 Å². The molecular formula is C17H40S. The molecule has 1 aliphatic rings. The highest BCUT2D eigenvalue weighted by Crippen LogP contribution is 2.37. The van der Waals surface area contributed by atoms with Gasteiger partial charge in [0.15, 0.2) is 0 Å². The van der Waals surface area contributed by atoms with Gasteiger partial charge < -0.3 is 0 Å². The Morgan fingerprint density at radius 2 is 1.44 bits per heavy atom. The Labute approximate surface area is 125 Å². The lowest BCUT2D eigenvalue weighted by molar-refractivity contribution is 0.158. The summed E-state index contributed by atoms with van der Waals surface area (Å²) >= 11 is 0. The molecule has 3 unspecified atom stereocenters. The van der Waals surface area contributed by atoms with Crippen LogP contribution in [0.15, 0.2) is 0 Å². The van der Waals surface area contributed by atoms with Gasteiger partial charge in [0.25, 0.3) is 0 Å². The topological polar surface area (TPSA) is 0 Å². The Morgan fingerprint density at radius 1 is 1.00 bits per heavy atom. The molecule has 0 amide bonds. The predicted molar refractivity (Wildman–Crippen MR) is 92.7 cm³/mol. The maximum atomic E-state index is 2.43. The quantitative estimate of drug-likeness (QED) is 0.539. The van der Waals surface area contributed by atoms with Crippen molar-refractivity contribution in [2.24, 2.45) is 29.6 Å². The highest BCUT2D eigenvalue weighted by atomic mass is 32.1. The first-order valence-corrected chi connectivity index (χ1v) is 7.38. The Kier molecular flexibility index (Phi) is 16.1. The summed E-state index contributed by atoms with van der Waals surface area (Å²) in [6.07, 6.45) is 5.70. The van der Waals surface area contributed by atoms with Crippen LogP contribution in [0.25, 0.3) is 0 Å². The van der Waals surface area contributed by atoms with Crippen LogP contribution in [0.2, 0.25) is 0 Å². The first-order valence-electron chi connectivity index (χ1n) is 7.38. The van der Waals surface area contributed by atoms with Gasteiger partial charge in [0.05, 0.1) is 0 Å². The van der Waals surface area contributed by atoms with Crippen molar-refractivity contribution in [3.8, 4) is 0 Å². The van der Waals surface area contributed by atoms with Crippen molar-refractivity contribution in [3.63, 3.8) is 0 Å². The molecule has 1 saturated carbocycles. The predicted octanol–water partition coefficient (Wildman–Crippen LogP) is 6.52. The summed E-state index contributed by atoms with van der Waals surface area (Å²) < 4.78 is 0. The maximum Gasteiger partial charge on any atom is -0.0365 e. The average molecular weight is 277 g/mol. The maximum absolute atomic E-state index is 2.43. The minimum absolute atomic E-state index is 0. The van der Waals surface area contributed by atoms with Gasteiger partial charge in [-0.25, -0.2) is 0 Å². The molecule has 0 heterocycles. The van der Waals surface area contributed by atoms with Gasteiger partial charge in [-0.1, -0.05) is 68.7 Å². The van der Waals surface area contributed by atoms with Gasteiger partial charge in [0, 0.05) is 0 Å². The molecular weight excluding hydrogens is 236 g/mol. The van der Waals surface area contributed by atoms with Crippen LogP contribution in [0.1, 0.15) is 81.6 Å². The normalized spacial score (nSPS) is 26.8. The second kappa shape index (κ2) is 12.4. The third kappa shape index (κ3) is 10.3. The van der Waals surface area contributed by atoms with Crippen LogP contribution in [-0.2, 0) is 0 Å². The summed E-state index contributed by atoms with van der Waals surface area (Å²) in [6, 6.07) is 0. The van der Waals surface area contributed by atoms with E-state index < -0.39 is 0 Å². The molecule has 0 aromatic heterocycles. The van der Waals surface area contributed by atoms with E-state index >= 15 is 0 Å². The molecule has 0 radical (unpaired) electrons. The second-order valence-electron chi connectivity index (χ2n) is 6.61. The third-order valence-electron chi connectivity index (χ3n) is 4.17. The van der Waals surface area contributed by atoms with E-state index in [0.717, 1.165) is 29.6 Å². The SMILES string of the molecule is C.CC1CCC(C(C)C)C(C)C1.CCC(C)C.S. The van der Waals surface area contributed by atoms with Crippen molar-refractivity contribution < 1.29 is 0 Å². The highest BCUT2D eigenvalue weighted by molar-refractivity contribution is 7.59. The van der Waals surface area contributed by atoms with Gasteiger partial charge in [0.2, 0.25) is 0 Å². The lowest BCUT2D eigenvalue weighted by atomic mass is 9.71. The van der Waals surface area contributed by atoms with Gasteiger partial charge in [0.1, 0.15) is 0 Å². The number of hydrogen-bond acceptors (Lipinski definition) is 0. The van der Waals surface area contributed by atoms with Crippen LogP contribution in [0.3, 0.4) is 0 Å². The Hall–Kier alpha value is 0.350. The van der Waals surface area contributed by atoms with Gasteiger partial charge in [-0.2, -0.15) is 13.5 Å². The van der Waals surface area contributed by atoms with Gasteiger partial charge in [-0.05, 0) is 42.4 Å². The molecule has 0 saturated heterocycles. The number of hydrogen-bond donors (Lipinski definition) is 0. The smallest absolute Gasteiger partial charge is 0.0365 e. The lowest BCUT2D eigenvalue weighted by Crippen LogP contribution is -2.25. The molecule has 3 atom stereocenters. The fourth-order valence-corrected chi connectivity index (χ4v) is 2.68. The van der Waals surface area contributed by atoms with Crippen LogP contribution in [0.5, 0.6) is 0 Å². The first-order chi connectivity index (χ1) is 7.38. The molecule has 0 bridgehead atoms. The van der Waals surface area contributed by atoms with E-state index in [4.69, 9.17) is 0 Å². The zero-order chi connectivity index (χ0) is 12.7. The standard InChI is InChI=1S/C11H22.C5H12.CH4.H2S/c1-8(2)11-6-5-9(3)7-10(11)4;1-4-5(2)3;;/h8-11H,5-7H2,1-4H3;5H,4H2,1-3H3;1H4;1H2. The van der Waals surface area contributed by atoms with Crippen molar-refractivity contribution >= 4 is 13.5 Å². The van der Waals surface area contributed by atoms with Crippen LogP contribution < -0.4 is 0 Å². The van der Waals surface area contributed by atoms with E-state index in [1.165, 1.54) is 25.7 Å². The summed E-state index contributed by atoms with van der Waals surface area (Å²) in [5.41, 5.74) is 0. The largest absolute Gasteiger partial charge is 0.197 e. The zero-order valence-corrected chi connectivity index (χ0v) is 14.2. The molecule has 1 heteroatoms. The van der Waals surface area contributed by atoms with Crippen molar-refractivity contribution in [2.75, 3.05) is 0 Å². The average Bonchev–Trinajstić information content (AvgIpc) is 2.17. The third-order valence-corrected chi connectivity index (χ3v) is 4.17. The van der Waals surface area contributed by atoms with Crippen molar-refractivity contribution in [1.29, 1.82) is 0 Å². The molecule has 0 aromatic carbocycles. The molecule has 1 fully saturated rings. The summed E-state index contributed by atoms with van der Waals surface area (Å²) in [5, 5.41) is 0. The summed E-state index contributed by atoms with van der Waals surface area (Å²) in [7, 11) is 0. The van der Waals surface area contributed by atoms with E-state index in [0.29, 0.717) is 0 Å². The first kappa shape index (κ1) is 23.4. The second-order valence-corrected chi connectivity index (χ2v) is 6.61. The molecule has 0 aliphatic heterocycles. The lowest BCUT2D eigenvalue weighted by Gasteiger charge is -2.35. The van der Waals surface area contributed by atoms with Crippen LogP contribution in [-0.4, -0.2) is 0 Å². The molecule has 1 aliphatic carbocycles. The van der Waals surface area contributed by atoms with Crippen molar-refractivity contribution in [1.82, 2.24) is 0 Å². The van der Waals surface area contributed by atoms with Crippen molar-refractivity contribution in [3.05, 3.63) is 0 Å². The van der Waals surface area contributed by atoms with Gasteiger partial charge >= 0.3 is 0 Å². The van der Waals surface area contributed by atoms with E-state index in [1.54, 1.807) is 0 Å². The summed E-state index contributed by atoms with van der Waals surface area (Å²) in [4.78, 5) is 0. The highest BCUT2D eigenvalue weighted by Gasteiger charge is 2.26. The molecule has 0 aromatic rings. The van der Waals surface area contributed by atoms with E-state index in [9.17, 15) is 0 Å². The van der Waals surface area contributed by atoms with Crippen LogP contribution in [0, 0.1) is 29.6 Å². The fourth-order valence-electron chi connectivity index (χ4n) is 2.68. The molecule has 0 N–H and O–H groups in total. The fraction of sp³-hybridized carbons (Fsp3) is 1.00. The van der Waals surface area contributed by atoms with Crippen molar-refractivity contribution in [2.45, 2.75) is 81.6 Å². The van der Waals surface area contributed by atoms with Crippen LogP contribution in [0.4, 0.5) is 0 Å². The van der Waals surface area contributed by atoms with E-state index in [2.05, 4.69) is 48.5 Å². The summed E-state index contributed by atoms with van der Waals surface area (Å²) in [6.45, 7) is 16.2. The Bertz CT molecular complexity index is 163. The minimum Gasteiger partial charge on any atom is -0.197 e. The summed E-state index contributed by atoms with van der Waals surface area (Å²) in [5.74, 6) is 4.75. The molecule has 1 rings (SSSR count). The Morgan fingerprint density at radius 3 is 1.72 bits per heavy atom. The monoisotopic (exact) mass is 276 g/mol. The van der Waals surface area contributed by atoms with Gasteiger partial charge in [-0.15, -0.1) is 0 Å². The number of rotatable bonds is 2. The minimum atomic E-state index is 0. The molecule has 0 nitrogen and oxygen atoms in total. The molecule has 114 valence electrons.